The first-order chi connectivity index (χ1) is 11.7. The minimum atomic E-state index is -0.0366. The smallest absolute Gasteiger partial charge is 0.346 e. The maximum Gasteiger partial charge on any atom is 0.346 e. The van der Waals surface area contributed by atoms with Crippen molar-refractivity contribution in [1.82, 2.24) is 29.2 Å². The minimum Gasteiger partial charge on any atom is -0.383 e. The van der Waals surface area contributed by atoms with Gasteiger partial charge >= 0.3 is 5.69 Å². The molecule has 1 aliphatic heterocycles. The van der Waals surface area contributed by atoms with Crippen molar-refractivity contribution in [3.8, 4) is 0 Å². The monoisotopic (exact) mass is 406 g/mol. The van der Waals surface area contributed by atoms with Crippen molar-refractivity contribution < 1.29 is 4.74 Å². The molecule has 2 aromatic heterocycles. The molecule has 0 bridgehead atoms. The molecule has 0 atom stereocenters. The number of methoxy groups -OCH3 is 1. The van der Waals surface area contributed by atoms with E-state index in [-0.39, 0.29) is 30.5 Å². The number of nitrogens with zero attached hydrogens (tertiary/aromatic N) is 5. The SMILES string of the molecule is CCn1c(C2CCNCC2)nn(Cc2cncn2CCOC)c1=O.Cl.Cl. The molecule has 148 valence electrons. The molecule has 10 heteroatoms. The van der Waals surface area contributed by atoms with Gasteiger partial charge in [0.25, 0.3) is 0 Å². The van der Waals surface area contributed by atoms with Crippen molar-refractivity contribution in [2.24, 2.45) is 0 Å². The molecule has 0 aliphatic carbocycles. The fourth-order valence-corrected chi connectivity index (χ4v) is 3.26. The molecule has 1 N–H and O–H groups in total. The second-order valence-corrected chi connectivity index (χ2v) is 6.14. The Morgan fingerprint density at radius 2 is 2.04 bits per heavy atom. The molecule has 3 rings (SSSR count). The predicted octanol–water partition coefficient (Wildman–Crippen LogP) is 1.27. The lowest BCUT2D eigenvalue weighted by Crippen LogP contribution is -2.29. The van der Waals surface area contributed by atoms with Gasteiger partial charge in [0, 0.05) is 26.1 Å². The first-order valence-electron chi connectivity index (χ1n) is 8.60. The molecule has 26 heavy (non-hydrogen) atoms. The molecule has 8 nitrogen and oxygen atoms in total. The van der Waals surface area contributed by atoms with Crippen molar-refractivity contribution in [2.45, 2.75) is 45.3 Å². The summed E-state index contributed by atoms with van der Waals surface area (Å²) in [6.45, 7) is 6.39. The van der Waals surface area contributed by atoms with Crippen LogP contribution in [0.5, 0.6) is 0 Å². The van der Waals surface area contributed by atoms with Gasteiger partial charge in [-0.3, -0.25) is 4.57 Å². The van der Waals surface area contributed by atoms with Crippen LogP contribution in [-0.2, 0) is 24.4 Å². The molecule has 2 aromatic rings. The zero-order chi connectivity index (χ0) is 16.9. The van der Waals surface area contributed by atoms with E-state index in [0.717, 1.165) is 44.0 Å². The van der Waals surface area contributed by atoms with E-state index in [1.165, 1.54) is 0 Å². The summed E-state index contributed by atoms with van der Waals surface area (Å²) in [5.74, 6) is 1.28. The lowest BCUT2D eigenvalue weighted by atomic mass is 9.97. The number of aromatic nitrogens is 5. The molecule has 1 fully saturated rings. The Hall–Kier alpha value is -1.35. The third-order valence-corrected chi connectivity index (χ3v) is 4.62. The Balaban J connectivity index is 0.00000169. The topological polar surface area (TPSA) is 78.9 Å². The summed E-state index contributed by atoms with van der Waals surface area (Å²) in [5, 5.41) is 8.03. The summed E-state index contributed by atoms with van der Waals surface area (Å²) in [4.78, 5) is 16.9. The number of imidazole rings is 1. The predicted molar refractivity (Wildman–Crippen MR) is 105 cm³/mol. The van der Waals surface area contributed by atoms with Gasteiger partial charge in [-0.05, 0) is 32.9 Å². The molecule has 0 saturated carbocycles. The van der Waals surface area contributed by atoms with Crippen molar-refractivity contribution >= 4 is 24.8 Å². The fraction of sp³-hybridized carbons (Fsp3) is 0.688. The largest absolute Gasteiger partial charge is 0.383 e. The highest BCUT2D eigenvalue weighted by Gasteiger charge is 2.23. The quantitative estimate of drug-likeness (QED) is 0.748. The van der Waals surface area contributed by atoms with Crippen LogP contribution in [0, 0.1) is 0 Å². The van der Waals surface area contributed by atoms with E-state index in [4.69, 9.17) is 4.74 Å². The van der Waals surface area contributed by atoms with Gasteiger partial charge < -0.3 is 14.6 Å². The van der Waals surface area contributed by atoms with Gasteiger partial charge in [0.2, 0.25) is 0 Å². The van der Waals surface area contributed by atoms with E-state index in [0.29, 0.717) is 25.6 Å². The Labute approximate surface area is 165 Å². The number of ether oxygens (including phenoxy) is 1. The molecular weight excluding hydrogens is 379 g/mol. The van der Waals surface area contributed by atoms with Crippen molar-refractivity contribution in [2.75, 3.05) is 26.8 Å². The Morgan fingerprint density at radius 1 is 1.31 bits per heavy atom. The van der Waals surface area contributed by atoms with Crippen LogP contribution in [-0.4, -0.2) is 50.7 Å². The van der Waals surface area contributed by atoms with E-state index in [2.05, 4.69) is 15.4 Å². The zero-order valence-corrected chi connectivity index (χ0v) is 16.9. The third kappa shape index (κ3) is 4.88. The van der Waals surface area contributed by atoms with E-state index in [1.54, 1.807) is 24.3 Å². The molecule has 0 amide bonds. The summed E-state index contributed by atoms with van der Waals surface area (Å²) in [7, 11) is 1.68. The first-order valence-corrected chi connectivity index (χ1v) is 8.60. The van der Waals surface area contributed by atoms with Gasteiger partial charge in [-0.25, -0.2) is 14.5 Å². The highest BCUT2D eigenvalue weighted by molar-refractivity contribution is 5.85. The molecule has 1 aliphatic rings. The number of rotatable bonds is 7. The van der Waals surface area contributed by atoms with Crippen LogP contribution >= 0.6 is 24.8 Å². The standard InChI is InChI=1S/C16H26N6O2.2ClH/c1-3-21-15(13-4-6-17-7-5-13)19-22(16(21)23)11-14-10-18-12-20(14)8-9-24-2;;/h10,12-13,17H,3-9,11H2,1-2H3;2*1H. The maximum atomic E-state index is 12.7. The molecule has 0 unspecified atom stereocenters. The first kappa shape index (κ1) is 22.7. The highest BCUT2D eigenvalue weighted by Crippen LogP contribution is 2.22. The molecule has 0 spiro atoms. The van der Waals surface area contributed by atoms with E-state index < -0.39 is 0 Å². The van der Waals surface area contributed by atoms with Crippen molar-refractivity contribution in [3.05, 3.63) is 34.5 Å². The van der Waals surface area contributed by atoms with Crippen LogP contribution in [0.2, 0.25) is 0 Å². The van der Waals surface area contributed by atoms with Gasteiger partial charge in [-0.15, -0.1) is 24.8 Å². The molecule has 0 radical (unpaired) electrons. The third-order valence-electron chi connectivity index (χ3n) is 4.62. The fourth-order valence-electron chi connectivity index (χ4n) is 3.26. The lowest BCUT2D eigenvalue weighted by molar-refractivity contribution is 0.186. The van der Waals surface area contributed by atoms with Crippen LogP contribution in [0.4, 0.5) is 0 Å². The van der Waals surface area contributed by atoms with Crippen LogP contribution in [0.1, 0.15) is 37.2 Å². The molecule has 1 saturated heterocycles. The summed E-state index contributed by atoms with van der Waals surface area (Å²) >= 11 is 0. The lowest BCUT2D eigenvalue weighted by Gasteiger charge is -2.21. The molecular formula is C16H28Cl2N6O2. The van der Waals surface area contributed by atoms with Crippen LogP contribution in [0.3, 0.4) is 0 Å². The van der Waals surface area contributed by atoms with Crippen LogP contribution in [0.25, 0.3) is 0 Å². The van der Waals surface area contributed by atoms with Crippen molar-refractivity contribution in [1.29, 1.82) is 0 Å². The minimum absolute atomic E-state index is 0. The van der Waals surface area contributed by atoms with Gasteiger partial charge in [-0.1, -0.05) is 0 Å². The second kappa shape index (κ2) is 10.7. The number of nitrogens with one attached hydrogen (secondary N) is 1. The van der Waals surface area contributed by atoms with E-state index in [9.17, 15) is 4.79 Å². The number of hydrogen-bond acceptors (Lipinski definition) is 5. The number of halogens is 2. The Bertz CT molecular complexity index is 721. The van der Waals surface area contributed by atoms with Gasteiger partial charge in [0.1, 0.15) is 5.82 Å². The summed E-state index contributed by atoms with van der Waals surface area (Å²) in [6.07, 6.45) is 5.62. The van der Waals surface area contributed by atoms with Crippen LogP contribution < -0.4 is 11.0 Å². The van der Waals surface area contributed by atoms with Gasteiger partial charge in [0.15, 0.2) is 0 Å². The van der Waals surface area contributed by atoms with Crippen LogP contribution in [0.15, 0.2) is 17.3 Å². The van der Waals surface area contributed by atoms with Crippen molar-refractivity contribution in [3.63, 3.8) is 0 Å². The number of hydrogen-bond donors (Lipinski definition) is 1. The molecule has 0 aromatic carbocycles. The van der Waals surface area contributed by atoms with Gasteiger partial charge in [-0.2, -0.15) is 5.10 Å². The number of piperidine rings is 1. The average molecular weight is 407 g/mol. The second-order valence-electron chi connectivity index (χ2n) is 6.14. The summed E-state index contributed by atoms with van der Waals surface area (Å²) in [5.41, 5.74) is 0.928. The zero-order valence-electron chi connectivity index (χ0n) is 15.3. The highest BCUT2D eigenvalue weighted by atomic mass is 35.5. The van der Waals surface area contributed by atoms with E-state index in [1.807, 2.05) is 16.1 Å². The summed E-state index contributed by atoms with van der Waals surface area (Å²) in [6, 6.07) is 0. The maximum absolute atomic E-state index is 12.7. The Kier molecular flexibility index (Phi) is 9.35. The summed E-state index contributed by atoms with van der Waals surface area (Å²) < 4.78 is 10.5. The van der Waals surface area contributed by atoms with Gasteiger partial charge in [0.05, 0.1) is 31.4 Å². The Morgan fingerprint density at radius 3 is 2.69 bits per heavy atom. The molecule has 3 heterocycles. The van der Waals surface area contributed by atoms with E-state index >= 15 is 0 Å². The average Bonchev–Trinajstić information content (AvgIpc) is 3.18. The normalized spacial score (nSPS) is 14.7.